The predicted octanol–water partition coefficient (Wildman–Crippen LogP) is 1.68. The summed E-state index contributed by atoms with van der Waals surface area (Å²) in [5.41, 5.74) is 0.269. The molecule has 21 heavy (non-hydrogen) atoms. The number of aromatic carboxylic acids is 1. The van der Waals surface area contributed by atoms with E-state index in [9.17, 15) is 14.4 Å². The van der Waals surface area contributed by atoms with Crippen molar-refractivity contribution in [2.45, 2.75) is 19.9 Å². The lowest BCUT2D eigenvalue weighted by atomic mass is 10.2. The maximum atomic E-state index is 11.6. The van der Waals surface area contributed by atoms with Crippen LogP contribution in [0.15, 0.2) is 18.2 Å². The van der Waals surface area contributed by atoms with Gasteiger partial charge in [-0.25, -0.2) is 9.59 Å². The second-order valence-corrected chi connectivity index (χ2v) is 4.94. The Bertz CT molecular complexity index is 560. The SMILES string of the molecule is CC(C)NC(=O)CNC(=O)Nc1ccc(C(=O)O)c(Cl)c1. The molecule has 0 heterocycles. The summed E-state index contributed by atoms with van der Waals surface area (Å²) < 4.78 is 0. The minimum Gasteiger partial charge on any atom is -0.478 e. The molecule has 1 aromatic carbocycles. The molecular weight excluding hydrogens is 298 g/mol. The molecule has 0 saturated carbocycles. The van der Waals surface area contributed by atoms with E-state index in [1.165, 1.54) is 18.2 Å². The van der Waals surface area contributed by atoms with Gasteiger partial charge in [-0.2, -0.15) is 0 Å². The van der Waals surface area contributed by atoms with E-state index in [-0.39, 0.29) is 29.1 Å². The standard InChI is InChI=1S/C13H16ClN3O4/c1-7(2)16-11(18)6-15-13(21)17-8-3-4-9(12(19)20)10(14)5-8/h3-5,7H,6H2,1-2H3,(H,16,18)(H,19,20)(H2,15,17,21). The van der Waals surface area contributed by atoms with Crippen molar-refractivity contribution in [2.24, 2.45) is 0 Å². The molecule has 1 rings (SSSR count). The van der Waals surface area contributed by atoms with Crippen molar-refractivity contribution in [3.8, 4) is 0 Å². The Morgan fingerprint density at radius 3 is 2.48 bits per heavy atom. The summed E-state index contributed by atoms with van der Waals surface area (Å²) in [7, 11) is 0. The first-order valence-corrected chi connectivity index (χ1v) is 6.54. The van der Waals surface area contributed by atoms with Gasteiger partial charge >= 0.3 is 12.0 Å². The maximum Gasteiger partial charge on any atom is 0.337 e. The number of carboxylic acids is 1. The highest BCUT2D eigenvalue weighted by Gasteiger charge is 2.11. The van der Waals surface area contributed by atoms with Gasteiger partial charge in [0, 0.05) is 11.7 Å². The van der Waals surface area contributed by atoms with Gasteiger partial charge in [-0.15, -0.1) is 0 Å². The second kappa shape index (κ2) is 7.49. The molecule has 8 heteroatoms. The fourth-order valence-electron chi connectivity index (χ4n) is 1.48. The molecule has 0 spiro atoms. The number of urea groups is 1. The highest BCUT2D eigenvalue weighted by atomic mass is 35.5. The first-order chi connectivity index (χ1) is 9.79. The van der Waals surface area contributed by atoms with Gasteiger partial charge in [0.15, 0.2) is 0 Å². The van der Waals surface area contributed by atoms with Crippen LogP contribution in [0.2, 0.25) is 5.02 Å². The van der Waals surface area contributed by atoms with E-state index in [2.05, 4.69) is 16.0 Å². The van der Waals surface area contributed by atoms with E-state index in [1.54, 1.807) is 0 Å². The number of benzene rings is 1. The van der Waals surface area contributed by atoms with E-state index in [0.717, 1.165) is 0 Å². The van der Waals surface area contributed by atoms with Crippen LogP contribution in [0, 0.1) is 0 Å². The summed E-state index contributed by atoms with van der Waals surface area (Å²) in [4.78, 5) is 33.7. The zero-order valence-electron chi connectivity index (χ0n) is 11.6. The van der Waals surface area contributed by atoms with Crippen molar-refractivity contribution in [3.63, 3.8) is 0 Å². The molecule has 0 aliphatic rings. The fraction of sp³-hybridized carbons (Fsp3) is 0.308. The number of anilines is 1. The van der Waals surface area contributed by atoms with Crippen LogP contribution in [0.3, 0.4) is 0 Å². The van der Waals surface area contributed by atoms with Crippen LogP contribution in [-0.2, 0) is 4.79 Å². The average Bonchev–Trinajstić information content (AvgIpc) is 2.35. The lowest BCUT2D eigenvalue weighted by Gasteiger charge is -2.10. The molecular formula is C13H16ClN3O4. The van der Waals surface area contributed by atoms with Crippen LogP contribution in [0.1, 0.15) is 24.2 Å². The highest BCUT2D eigenvalue weighted by molar-refractivity contribution is 6.33. The van der Waals surface area contributed by atoms with Gasteiger partial charge in [0.2, 0.25) is 5.91 Å². The molecule has 114 valence electrons. The number of halogens is 1. The minimum absolute atomic E-state index is 0.00951. The average molecular weight is 314 g/mol. The van der Waals surface area contributed by atoms with Crippen LogP contribution >= 0.6 is 11.6 Å². The molecule has 0 atom stereocenters. The van der Waals surface area contributed by atoms with E-state index in [4.69, 9.17) is 16.7 Å². The summed E-state index contributed by atoms with van der Waals surface area (Å²) in [6.45, 7) is 3.46. The number of hydrogen-bond donors (Lipinski definition) is 4. The van der Waals surface area contributed by atoms with Crippen LogP contribution in [0.4, 0.5) is 10.5 Å². The van der Waals surface area contributed by atoms with Gasteiger partial charge in [-0.1, -0.05) is 11.6 Å². The zero-order valence-corrected chi connectivity index (χ0v) is 12.3. The van der Waals surface area contributed by atoms with Gasteiger partial charge in [-0.3, -0.25) is 4.79 Å². The Morgan fingerprint density at radius 2 is 1.95 bits per heavy atom. The largest absolute Gasteiger partial charge is 0.478 e. The number of carbonyl (C=O) groups is 3. The Hall–Kier alpha value is -2.28. The summed E-state index contributed by atoms with van der Waals surface area (Å²) >= 11 is 5.78. The third kappa shape index (κ3) is 5.70. The molecule has 7 nitrogen and oxygen atoms in total. The van der Waals surface area contributed by atoms with Crippen molar-refractivity contribution in [1.82, 2.24) is 10.6 Å². The van der Waals surface area contributed by atoms with E-state index >= 15 is 0 Å². The predicted molar refractivity (Wildman–Crippen MR) is 78.7 cm³/mol. The Labute approximate surface area is 126 Å². The Kier molecular flexibility index (Phi) is 5.98. The number of rotatable bonds is 5. The van der Waals surface area contributed by atoms with Crippen LogP contribution in [0.25, 0.3) is 0 Å². The Morgan fingerprint density at radius 1 is 1.29 bits per heavy atom. The van der Waals surface area contributed by atoms with Crippen molar-refractivity contribution in [2.75, 3.05) is 11.9 Å². The van der Waals surface area contributed by atoms with Crippen molar-refractivity contribution in [1.29, 1.82) is 0 Å². The molecule has 0 radical (unpaired) electrons. The normalized spacial score (nSPS) is 10.1. The molecule has 0 aliphatic heterocycles. The summed E-state index contributed by atoms with van der Waals surface area (Å²) in [6, 6.07) is 3.41. The van der Waals surface area contributed by atoms with E-state index < -0.39 is 12.0 Å². The lowest BCUT2D eigenvalue weighted by molar-refractivity contribution is -0.120. The lowest BCUT2D eigenvalue weighted by Crippen LogP contribution is -2.41. The summed E-state index contributed by atoms with van der Waals surface area (Å²) in [5, 5.41) is 16.3. The fourth-order valence-corrected chi connectivity index (χ4v) is 1.74. The second-order valence-electron chi connectivity index (χ2n) is 4.53. The van der Waals surface area contributed by atoms with Gasteiger partial charge in [0.05, 0.1) is 17.1 Å². The van der Waals surface area contributed by atoms with Crippen LogP contribution < -0.4 is 16.0 Å². The molecule has 0 saturated heterocycles. The maximum absolute atomic E-state index is 11.6. The molecule has 0 unspecified atom stereocenters. The minimum atomic E-state index is -1.15. The first-order valence-electron chi connectivity index (χ1n) is 6.16. The molecule has 0 bridgehead atoms. The molecule has 4 N–H and O–H groups in total. The van der Waals surface area contributed by atoms with Crippen molar-refractivity contribution in [3.05, 3.63) is 28.8 Å². The van der Waals surface area contributed by atoms with Gasteiger partial charge in [-0.05, 0) is 32.0 Å². The topological polar surface area (TPSA) is 108 Å². The monoisotopic (exact) mass is 313 g/mol. The number of carboxylic acid groups (broad SMARTS) is 1. The third-order valence-corrected chi connectivity index (χ3v) is 2.63. The number of hydrogen-bond acceptors (Lipinski definition) is 3. The van der Waals surface area contributed by atoms with E-state index in [0.29, 0.717) is 5.69 Å². The van der Waals surface area contributed by atoms with Crippen LogP contribution in [-0.4, -0.2) is 35.6 Å². The van der Waals surface area contributed by atoms with Gasteiger partial charge < -0.3 is 21.1 Å². The van der Waals surface area contributed by atoms with Crippen molar-refractivity contribution < 1.29 is 19.5 Å². The number of carbonyl (C=O) groups excluding carboxylic acids is 2. The Balaban J connectivity index is 2.54. The highest BCUT2D eigenvalue weighted by Crippen LogP contribution is 2.20. The van der Waals surface area contributed by atoms with Crippen LogP contribution in [0.5, 0.6) is 0 Å². The number of amides is 3. The molecule has 0 aliphatic carbocycles. The third-order valence-electron chi connectivity index (χ3n) is 2.32. The van der Waals surface area contributed by atoms with Gasteiger partial charge in [0.25, 0.3) is 0 Å². The van der Waals surface area contributed by atoms with Gasteiger partial charge in [0.1, 0.15) is 0 Å². The summed E-state index contributed by atoms with van der Waals surface area (Å²) in [5.74, 6) is -1.46. The first kappa shape index (κ1) is 16.8. The van der Waals surface area contributed by atoms with E-state index in [1.807, 2.05) is 13.8 Å². The zero-order chi connectivity index (χ0) is 16.0. The molecule has 0 aromatic heterocycles. The molecule has 0 fully saturated rings. The smallest absolute Gasteiger partial charge is 0.337 e. The summed E-state index contributed by atoms with van der Waals surface area (Å²) in [6.07, 6.45) is 0. The quantitative estimate of drug-likeness (QED) is 0.663. The molecule has 1 aromatic rings. The number of nitrogens with one attached hydrogen (secondary N) is 3. The molecule has 3 amide bonds. The van der Waals surface area contributed by atoms with Crippen molar-refractivity contribution >= 4 is 35.2 Å².